The number of benzene rings is 1. The summed E-state index contributed by atoms with van der Waals surface area (Å²) in [6.07, 6.45) is 0. The molecule has 0 aliphatic carbocycles. The van der Waals surface area contributed by atoms with Gasteiger partial charge in [-0.1, -0.05) is 12.1 Å². The molecule has 1 aromatic rings. The van der Waals surface area contributed by atoms with Crippen LogP contribution in [0.15, 0.2) is 24.3 Å². The van der Waals surface area contributed by atoms with Crippen molar-refractivity contribution in [3.8, 4) is 0 Å². The maximum atomic E-state index is 11.2. The number of para-hydroxylation sites is 2. The van der Waals surface area contributed by atoms with E-state index in [2.05, 4.69) is 10.6 Å². The van der Waals surface area contributed by atoms with Gasteiger partial charge in [0.05, 0.1) is 11.0 Å². The monoisotopic (exact) mass is 252 g/mol. The van der Waals surface area contributed by atoms with E-state index in [4.69, 9.17) is 5.73 Å². The molecule has 0 saturated heterocycles. The quantitative estimate of drug-likeness (QED) is 0.387. The van der Waals surface area contributed by atoms with Gasteiger partial charge in [0.15, 0.2) is 0 Å². The van der Waals surface area contributed by atoms with Crippen molar-refractivity contribution in [2.24, 2.45) is 5.73 Å². The number of hydrogen-bond acceptors (Lipinski definition) is 5. The number of nitrogens with zero attached hydrogens (tertiary/aromatic N) is 1. The third-order valence-electron chi connectivity index (χ3n) is 2.25. The number of carbonyl (C=O) groups is 1. The highest BCUT2D eigenvalue weighted by molar-refractivity contribution is 5.80. The van der Waals surface area contributed by atoms with E-state index in [0.717, 1.165) is 0 Å². The van der Waals surface area contributed by atoms with Gasteiger partial charge in [0.1, 0.15) is 5.69 Å². The van der Waals surface area contributed by atoms with Gasteiger partial charge < -0.3 is 16.4 Å². The van der Waals surface area contributed by atoms with Crippen molar-refractivity contribution in [3.05, 3.63) is 34.4 Å². The first-order chi connectivity index (χ1) is 8.52. The molecule has 0 aliphatic heterocycles. The van der Waals surface area contributed by atoms with Crippen LogP contribution in [0.5, 0.6) is 0 Å². The number of nitrogens with two attached hydrogens (primary N) is 1. The van der Waals surface area contributed by atoms with Crippen LogP contribution in [0, 0.1) is 10.1 Å². The number of rotatable bonds is 6. The maximum Gasteiger partial charge on any atom is 0.292 e. The lowest BCUT2D eigenvalue weighted by Crippen LogP contribution is -2.40. The van der Waals surface area contributed by atoms with Crippen LogP contribution in [0.3, 0.4) is 0 Å². The first kappa shape index (κ1) is 13.9. The molecule has 18 heavy (non-hydrogen) atoms. The van der Waals surface area contributed by atoms with Crippen LogP contribution >= 0.6 is 0 Å². The SMILES string of the molecule is C[C@@H](N)C(=O)NCCNc1ccccc1[N+](=O)[O-]. The molecule has 7 nitrogen and oxygen atoms in total. The molecule has 0 aromatic heterocycles. The Kier molecular flexibility index (Phi) is 5.06. The normalized spacial score (nSPS) is 11.7. The first-order valence-electron chi connectivity index (χ1n) is 5.53. The van der Waals surface area contributed by atoms with Crippen molar-refractivity contribution in [2.75, 3.05) is 18.4 Å². The van der Waals surface area contributed by atoms with Gasteiger partial charge in [-0.05, 0) is 13.0 Å². The standard InChI is InChI=1S/C11H16N4O3/c1-8(12)11(16)14-7-6-13-9-4-2-3-5-10(9)15(17)18/h2-5,8,13H,6-7,12H2,1H3,(H,14,16)/t8-/m1/s1. The zero-order chi connectivity index (χ0) is 13.5. The minimum absolute atomic E-state index is 0.0102. The highest BCUT2D eigenvalue weighted by Crippen LogP contribution is 2.22. The molecule has 0 spiro atoms. The molecule has 0 heterocycles. The summed E-state index contributed by atoms with van der Waals surface area (Å²) in [5.41, 5.74) is 5.81. The second-order valence-electron chi connectivity index (χ2n) is 3.78. The highest BCUT2D eigenvalue weighted by atomic mass is 16.6. The zero-order valence-electron chi connectivity index (χ0n) is 10.1. The summed E-state index contributed by atoms with van der Waals surface area (Å²) in [7, 11) is 0. The van der Waals surface area contributed by atoms with Gasteiger partial charge in [-0.15, -0.1) is 0 Å². The highest BCUT2D eigenvalue weighted by Gasteiger charge is 2.11. The number of amides is 1. The van der Waals surface area contributed by atoms with Crippen molar-refractivity contribution < 1.29 is 9.72 Å². The van der Waals surface area contributed by atoms with Crippen LogP contribution in [0.2, 0.25) is 0 Å². The van der Waals surface area contributed by atoms with Gasteiger partial charge >= 0.3 is 0 Å². The number of nitrogens with one attached hydrogen (secondary N) is 2. The Bertz CT molecular complexity index is 434. The Morgan fingerprint density at radius 2 is 2.11 bits per heavy atom. The molecule has 4 N–H and O–H groups in total. The minimum Gasteiger partial charge on any atom is -0.378 e. The topological polar surface area (TPSA) is 110 Å². The summed E-state index contributed by atoms with van der Waals surface area (Å²) in [4.78, 5) is 21.4. The Morgan fingerprint density at radius 3 is 2.72 bits per heavy atom. The number of hydrogen-bond donors (Lipinski definition) is 3. The molecule has 1 rings (SSSR count). The molecule has 0 radical (unpaired) electrons. The largest absolute Gasteiger partial charge is 0.378 e. The molecule has 0 bridgehead atoms. The summed E-state index contributed by atoms with van der Waals surface area (Å²) in [6, 6.07) is 5.78. The van der Waals surface area contributed by atoms with Gasteiger partial charge in [0.2, 0.25) is 5.91 Å². The Hall–Kier alpha value is -2.15. The summed E-state index contributed by atoms with van der Waals surface area (Å²) < 4.78 is 0. The third kappa shape index (κ3) is 4.02. The van der Waals surface area contributed by atoms with Crippen LogP contribution < -0.4 is 16.4 Å². The number of nitro groups is 1. The summed E-state index contributed by atoms with van der Waals surface area (Å²) in [5.74, 6) is -0.251. The van der Waals surface area contributed by atoms with Crippen molar-refractivity contribution in [2.45, 2.75) is 13.0 Å². The molecule has 0 saturated carbocycles. The Labute approximate surface area is 105 Å². The zero-order valence-corrected chi connectivity index (χ0v) is 10.1. The molecule has 98 valence electrons. The van der Waals surface area contributed by atoms with Gasteiger partial charge in [0.25, 0.3) is 5.69 Å². The van der Waals surface area contributed by atoms with E-state index in [-0.39, 0.29) is 11.6 Å². The van der Waals surface area contributed by atoms with Crippen molar-refractivity contribution in [3.63, 3.8) is 0 Å². The number of nitro benzene ring substituents is 1. The van der Waals surface area contributed by atoms with E-state index in [1.165, 1.54) is 6.07 Å². The van der Waals surface area contributed by atoms with Gasteiger partial charge in [-0.2, -0.15) is 0 Å². The molecular formula is C11H16N4O3. The Morgan fingerprint density at radius 1 is 1.44 bits per heavy atom. The number of anilines is 1. The fourth-order valence-corrected chi connectivity index (χ4v) is 1.33. The van der Waals surface area contributed by atoms with Crippen LogP contribution in [0.25, 0.3) is 0 Å². The molecule has 0 aliphatic rings. The molecule has 0 fully saturated rings. The average Bonchev–Trinajstić information content (AvgIpc) is 2.34. The van der Waals surface area contributed by atoms with E-state index in [1.54, 1.807) is 25.1 Å². The third-order valence-corrected chi connectivity index (χ3v) is 2.25. The minimum atomic E-state index is -0.559. The summed E-state index contributed by atoms with van der Waals surface area (Å²) in [6.45, 7) is 2.33. The maximum absolute atomic E-state index is 11.2. The predicted octanol–water partition coefficient (Wildman–Crippen LogP) is 0.470. The second kappa shape index (κ2) is 6.55. The lowest BCUT2D eigenvalue weighted by atomic mass is 10.2. The van der Waals surface area contributed by atoms with Crippen molar-refractivity contribution in [1.29, 1.82) is 0 Å². The molecule has 1 atom stereocenters. The van der Waals surface area contributed by atoms with E-state index in [1.807, 2.05) is 0 Å². The number of carbonyl (C=O) groups excluding carboxylic acids is 1. The fourth-order valence-electron chi connectivity index (χ4n) is 1.33. The average molecular weight is 252 g/mol. The molecule has 1 aromatic carbocycles. The van der Waals surface area contributed by atoms with Crippen molar-refractivity contribution in [1.82, 2.24) is 5.32 Å². The van der Waals surface area contributed by atoms with Gasteiger partial charge in [-0.25, -0.2) is 0 Å². The van der Waals surface area contributed by atoms with E-state index in [0.29, 0.717) is 18.8 Å². The lowest BCUT2D eigenvalue weighted by molar-refractivity contribution is -0.384. The fraction of sp³-hybridized carbons (Fsp3) is 0.364. The predicted molar refractivity (Wildman–Crippen MR) is 68.2 cm³/mol. The lowest BCUT2D eigenvalue weighted by Gasteiger charge is -2.09. The van der Waals surface area contributed by atoms with Gasteiger partial charge in [-0.3, -0.25) is 14.9 Å². The van der Waals surface area contributed by atoms with Crippen LogP contribution in [-0.4, -0.2) is 30.0 Å². The van der Waals surface area contributed by atoms with E-state index >= 15 is 0 Å². The Balaban J connectivity index is 2.45. The molecule has 0 unspecified atom stereocenters. The van der Waals surface area contributed by atoms with Crippen molar-refractivity contribution >= 4 is 17.3 Å². The molecule has 7 heteroatoms. The molecular weight excluding hydrogens is 236 g/mol. The van der Waals surface area contributed by atoms with E-state index < -0.39 is 11.0 Å². The first-order valence-corrected chi connectivity index (χ1v) is 5.53. The smallest absolute Gasteiger partial charge is 0.292 e. The van der Waals surface area contributed by atoms with Crippen LogP contribution in [0.4, 0.5) is 11.4 Å². The van der Waals surface area contributed by atoms with E-state index in [9.17, 15) is 14.9 Å². The van der Waals surface area contributed by atoms with Crippen LogP contribution in [0.1, 0.15) is 6.92 Å². The second-order valence-corrected chi connectivity index (χ2v) is 3.78. The summed E-state index contributed by atoms with van der Waals surface area (Å²) in [5, 5.41) is 16.2. The van der Waals surface area contributed by atoms with Crippen LogP contribution in [-0.2, 0) is 4.79 Å². The summed E-state index contributed by atoms with van der Waals surface area (Å²) >= 11 is 0. The molecule has 1 amide bonds. The van der Waals surface area contributed by atoms with Gasteiger partial charge in [0, 0.05) is 19.2 Å².